The highest BCUT2D eigenvalue weighted by Crippen LogP contribution is 2.14. The van der Waals surface area contributed by atoms with E-state index >= 15 is 0 Å². The van der Waals surface area contributed by atoms with Crippen molar-refractivity contribution in [2.75, 3.05) is 17.2 Å². The van der Waals surface area contributed by atoms with Gasteiger partial charge < -0.3 is 15.4 Å². The van der Waals surface area contributed by atoms with Crippen LogP contribution >= 0.6 is 0 Å². The molecule has 0 unspecified atom stereocenters. The lowest BCUT2D eigenvalue weighted by atomic mass is 10.1. The molecule has 0 aliphatic carbocycles. The summed E-state index contributed by atoms with van der Waals surface area (Å²) in [6.45, 7) is 4.83. The molecule has 0 aliphatic heterocycles. The third kappa shape index (κ3) is 5.42. The smallest absolute Gasteiger partial charge is 0.338 e. The molecular weight excluding hydrogens is 366 g/mol. The van der Waals surface area contributed by atoms with Crippen LogP contribution in [-0.4, -0.2) is 23.5 Å². The highest BCUT2D eigenvalue weighted by molar-refractivity contribution is 6.03. The highest BCUT2D eigenvalue weighted by Gasteiger charge is 2.10. The van der Waals surface area contributed by atoms with Crippen LogP contribution in [0.25, 0.3) is 0 Å². The number of rotatable bonds is 7. The first kappa shape index (κ1) is 20.1. The predicted molar refractivity (Wildman–Crippen MR) is 113 cm³/mol. The monoisotopic (exact) mass is 389 g/mol. The summed E-state index contributed by atoms with van der Waals surface area (Å²) in [7, 11) is 0. The maximum Gasteiger partial charge on any atom is 0.338 e. The number of carbonyl (C=O) groups excluding carboxylic acids is 2. The van der Waals surface area contributed by atoms with Crippen molar-refractivity contribution in [1.29, 1.82) is 0 Å². The summed E-state index contributed by atoms with van der Waals surface area (Å²) in [6, 6.07) is 18.2. The first-order valence-electron chi connectivity index (χ1n) is 9.40. The van der Waals surface area contributed by atoms with Gasteiger partial charge in [0.15, 0.2) is 0 Å². The van der Waals surface area contributed by atoms with Crippen molar-refractivity contribution >= 4 is 23.3 Å². The molecule has 1 amide bonds. The first-order chi connectivity index (χ1) is 14.1. The zero-order valence-electron chi connectivity index (χ0n) is 16.4. The van der Waals surface area contributed by atoms with Gasteiger partial charge in [0.2, 0.25) is 0 Å². The minimum Gasteiger partial charge on any atom is -0.462 e. The molecule has 6 nitrogen and oxygen atoms in total. The maximum atomic E-state index is 12.4. The second-order valence-corrected chi connectivity index (χ2v) is 6.46. The molecule has 0 saturated heterocycles. The zero-order chi connectivity index (χ0) is 20.6. The van der Waals surface area contributed by atoms with Crippen molar-refractivity contribution in [2.45, 2.75) is 20.4 Å². The zero-order valence-corrected chi connectivity index (χ0v) is 16.4. The molecule has 1 aromatic heterocycles. The van der Waals surface area contributed by atoms with Crippen LogP contribution in [0.2, 0.25) is 0 Å². The summed E-state index contributed by atoms with van der Waals surface area (Å²) in [5.41, 5.74) is 4.58. The Morgan fingerprint density at radius 3 is 2.34 bits per heavy atom. The third-order valence-electron chi connectivity index (χ3n) is 4.39. The molecule has 3 rings (SSSR count). The molecule has 0 bridgehead atoms. The van der Waals surface area contributed by atoms with Gasteiger partial charge in [0.25, 0.3) is 5.91 Å². The van der Waals surface area contributed by atoms with Crippen LogP contribution in [0.5, 0.6) is 0 Å². The first-order valence-corrected chi connectivity index (χ1v) is 9.40. The van der Waals surface area contributed by atoms with Crippen LogP contribution in [0.4, 0.5) is 11.4 Å². The number of hydrogen-bond acceptors (Lipinski definition) is 5. The fraction of sp³-hybridized carbons (Fsp3) is 0.174. The van der Waals surface area contributed by atoms with E-state index < -0.39 is 0 Å². The SMILES string of the molecule is CCOC(=O)c1ccc(NC(=O)c2ccc(NCc3ccccc3C)cn2)cc1. The molecule has 2 aromatic carbocycles. The van der Waals surface area contributed by atoms with Gasteiger partial charge in [-0.25, -0.2) is 9.78 Å². The van der Waals surface area contributed by atoms with Gasteiger partial charge in [-0.3, -0.25) is 4.79 Å². The number of aromatic nitrogens is 1. The molecule has 0 spiro atoms. The van der Waals surface area contributed by atoms with Gasteiger partial charge in [-0.15, -0.1) is 0 Å². The van der Waals surface area contributed by atoms with Gasteiger partial charge in [0, 0.05) is 12.2 Å². The molecule has 6 heteroatoms. The van der Waals surface area contributed by atoms with Crippen LogP contribution in [-0.2, 0) is 11.3 Å². The van der Waals surface area contributed by atoms with Crippen LogP contribution in [0, 0.1) is 6.92 Å². The van der Waals surface area contributed by atoms with Crippen LogP contribution < -0.4 is 10.6 Å². The molecule has 1 heterocycles. The summed E-state index contributed by atoms with van der Waals surface area (Å²) in [6.07, 6.45) is 1.64. The number of amides is 1. The van der Waals surface area contributed by atoms with E-state index in [1.165, 1.54) is 11.1 Å². The molecule has 2 N–H and O–H groups in total. The van der Waals surface area contributed by atoms with Crippen molar-refractivity contribution < 1.29 is 14.3 Å². The molecule has 0 aliphatic rings. The van der Waals surface area contributed by atoms with Gasteiger partial charge in [0.05, 0.1) is 24.1 Å². The molecule has 0 saturated carbocycles. The number of nitrogens with zero attached hydrogens (tertiary/aromatic N) is 1. The quantitative estimate of drug-likeness (QED) is 0.584. The Kier molecular flexibility index (Phi) is 6.58. The van der Waals surface area contributed by atoms with E-state index in [0.717, 1.165) is 5.69 Å². The van der Waals surface area contributed by atoms with Gasteiger partial charge in [0.1, 0.15) is 5.69 Å². The number of aryl methyl sites for hydroxylation is 1. The molecule has 0 fully saturated rings. The Hall–Kier alpha value is -3.67. The summed E-state index contributed by atoms with van der Waals surface area (Å²) in [5.74, 6) is -0.708. The van der Waals surface area contributed by atoms with E-state index in [2.05, 4.69) is 34.7 Å². The lowest BCUT2D eigenvalue weighted by Crippen LogP contribution is -2.14. The molecule has 29 heavy (non-hydrogen) atoms. The number of nitrogens with one attached hydrogen (secondary N) is 2. The fourth-order valence-electron chi connectivity index (χ4n) is 2.74. The topological polar surface area (TPSA) is 80.3 Å². The molecule has 148 valence electrons. The number of carbonyl (C=O) groups is 2. The molecule has 0 radical (unpaired) electrons. The van der Waals surface area contributed by atoms with Crippen molar-refractivity contribution in [3.63, 3.8) is 0 Å². The van der Waals surface area contributed by atoms with Gasteiger partial charge in [-0.05, 0) is 61.4 Å². The summed E-state index contributed by atoms with van der Waals surface area (Å²) < 4.78 is 4.94. The predicted octanol–water partition coefficient (Wildman–Crippen LogP) is 4.43. The Balaban J connectivity index is 1.57. The summed E-state index contributed by atoms with van der Waals surface area (Å²) in [5, 5.41) is 6.07. The number of benzene rings is 2. The van der Waals surface area contributed by atoms with Crippen molar-refractivity contribution in [3.05, 3.63) is 89.2 Å². The third-order valence-corrected chi connectivity index (χ3v) is 4.39. The summed E-state index contributed by atoms with van der Waals surface area (Å²) >= 11 is 0. The average Bonchev–Trinajstić information content (AvgIpc) is 2.74. The minimum absolute atomic E-state index is 0.306. The number of anilines is 2. The normalized spacial score (nSPS) is 10.3. The van der Waals surface area contributed by atoms with E-state index in [4.69, 9.17) is 4.74 Å². The number of pyridine rings is 1. The Bertz CT molecular complexity index is 983. The second kappa shape index (κ2) is 9.50. The van der Waals surface area contributed by atoms with E-state index in [0.29, 0.717) is 30.1 Å². The van der Waals surface area contributed by atoms with Crippen molar-refractivity contribution in [2.24, 2.45) is 0 Å². The molecule has 0 atom stereocenters. The van der Waals surface area contributed by atoms with Crippen LogP contribution in [0.1, 0.15) is 38.9 Å². The van der Waals surface area contributed by atoms with Gasteiger partial charge in [-0.2, -0.15) is 0 Å². The number of esters is 1. The average molecular weight is 389 g/mol. The lowest BCUT2D eigenvalue weighted by molar-refractivity contribution is 0.0526. The molecule has 3 aromatic rings. The maximum absolute atomic E-state index is 12.4. The highest BCUT2D eigenvalue weighted by atomic mass is 16.5. The minimum atomic E-state index is -0.388. The fourth-order valence-corrected chi connectivity index (χ4v) is 2.74. The number of hydrogen-bond donors (Lipinski definition) is 2. The Morgan fingerprint density at radius 1 is 0.966 bits per heavy atom. The van der Waals surface area contributed by atoms with Crippen molar-refractivity contribution in [3.8, 4) is 0 Å². The van der Waals surface area contributed by atoms with E-state index in [-0.39, 0.29) is 11.9 Å². The summed E-state index contributed by atoms with van der Waals surface area (Å²) in [4.78, 5) is 28.3. The molecular formula is C23H23N3O3. The van der Waals surface area contributed by atoms with E-state index in [1.807, 2.05) is 18.2 Å². The van der Waals surface area contributed by atoms with Gasteiger partial charge in [-0.1, -0.05) is 24.3 Å². The van der Waals surface area contributed by atoms with Crippen LogP contribution in [0.15, 0.2) is 66.9 Å². The van der Waals surface area contributed by atoms with E-state index in [1.54, 1.807) is 43.5 Å². The Morgan fingerprint density at radius 2 is 1.69 bits per heavy atom. The lowest BCUT2D eigenvalue weighted by Gasteiger charge is -2.09. The largest absolute Gasteiger partial charge is 0.462 e. The standard InChI is InChI=1S/C23H23N3O3/c1-3-29-23(28)17-8-10-19(11-9-17)26-22(27)21-13-12-20(15-25-21)24-14-18-7-5-4-6-16(18)2/h4-13,15,24H,3,14H2,1-2H3,(H,26,27). The Labute approximate surface area is 169 Å². The van der Waals surface area contributed by atoms with Gasteiger partial charge >= 0.3 is 5.97 Å². The second-order valence-electron chi connectivity index (χ2n) is 6.46. The van der Waals surface area contributed by atoms with Crippen molar-refractivity contribution in [1.82, 2.24) is 4.98 Å². The van der Waals surface area contributed by atoms with E-state index in [9.17, 15) is 9.59 Å². The van der Waals surface area contributed by atoms with Crippen LogP contribution in [0.3, 0.4) is 0 Å². The number of ether oxygens (including phenoxy) is 1.